The second kappa shape index (κ2) is 10.7. The summed E-state index contributed by atoms with van der Waals surface area (Å²) in [6.07, 6.45) is 7.18. The highest BCUT2D eigenvalue weighted by atomic mass is 16.3. The van der Waals surface area contributed by atoms with E-state index in [9.17, 15) is 14.7 Å². The lowest BCUT2D eigenvalue weighted by atomic mass is 9.83. The fourth-order valence-corrected chi connectivity index (χ4v) is 5.13. The second-order valence-corrected chi connectivity index (χ2v) is 10.3. The molecule has 3 heterocycles. The topological polar surface area (TPSA) is 112 Å². The minimum atomic E-state index is -0.755. The van der Waals surface area contributed by atoms with Crippen molar-refractivity contribution in [1.82, 2.24) is 14.5 Å². The SMILES string of the molecule is C=CC(=O)Nc1cc(Nc2nccc(-n3ccc4ccccc43)n2)c(C=O)cc1N1CCC(C(C)(C)O)CC1. The lowest BCUT2D eigenvalue weighted by molar-refractivity contribution is -0.111. The smallest absolute Gasteiger partial charge is 0.247 e. The number of amides is 1. The number of carbonyl (C=O) groups is 2. The molecule has 1 aliphatic rings. The summed E-state index contributed by atoms with van der Waals surface area (Å²) in [5.41, 5.74) is 2.42. The lowest BCUT2D eigenvalue weighted by Crippen LogP contribution is -2.42. The van der Waals surface area contributed by atoms with Crippen LogP contribution in [-0.2, 0) is 4.79 Å². The van der Waals surface area contributed by atoms with Crippen molar-refractivity contribution in [2.75, 3.05) is 28.6 Å². The normalized spacial score (nSPS) is 14.3. The van der Waals surface area contributed by atoms with E-state index in [-0.39, 0.29) is 11.8 Å². The highest BCUT2D eigenvalue weighted by Gasteiger charge is 2.31. The number of nitrogens with zero attached hydrogens (tertiary/aromatic N) is 4. The molecule has 2 aromatic heterocycles. The summed E-state index contributed by atoms with van der Waals surface area (Å²) in [4.78, 5) is 35.7. The molecule has 5 rings (SSSR count). The summed E-state index contributed by atoms with van der Waals surface area (Å²) in [5, 5.41) is 17.6. The zero-order valence-electron chi connectivity index (χ0n) is 22.1. The molecule has 200 valence electrons. The molecule has 0 atom stereocenters. The lowest BCUT2D eigenvalue weighted by Gasteiger charge is -2.39. The van der Waals surface area contributed by atoms with Gasteiger partial charge in [-0.1, -0.05) is 24.8 Å². The number of piperidine rings is 1. The van der Waals surface area contributed by atoms with E-state index in [0.29, 0.717) is 41.8 Å². The van der Waals surface area contributed by atoms with Gasteiger partial charge in [0.1, 0.15) is 5.82 Å². The maximum Gasteiger partial charge on any atom is 0.247 e. The Balaban J connectivity index is 1.47. The number of aliphatic hydroxyl groups is 1. The van der Waals surface area contributed by atoms with Gasteiger partial charge in [0.25, 0.3) is 0 Å². The molecule has 4 aromatic rings. The third kappa shape index (κ3) is 5.53. The number of aromatic nitrogens is 3. The number of rotatable bonds is 8. The fourth-order valence-electron chi connectivity index (χ4n) is 5.13. The quantitative estimate of drug-likeness (QED) is 0.217. The first-order chi connectivity index (χ1) is 18.8. The van der Waals surface area contributed by atoms with Crippen LogP contribution in [0.15, 0.2) is 73.6 Å². The van der Waals surface area contributed by atoms with Crippen LogP contribution in [-0.4, -0.2) is 50.5 Å². The average Bonchev–Trinajstić information content (AvgIpc) is 3.37. The first-order valence-corrected chi connectivity index (χ1v) is 13.0. The Bertz CT molecular complexity index is 1530. The predicted molar refractivity (Wildman–Crippen MR) is 154 cm³/mol. The van der Waals surface area contributed by atoms with E-state index in [0.717, 1.165) is 35.7 Å². The number of fused-ring (bicyclic) bond motifs is 1. The van der Waals surface area contributed by atoms with Crippen molar-refractivity contribution in [2.45, 2.75) is 32.3 Å². The van der Waals surface area contributed by atoms with Crippen LogP contribution in [0.4, 0.5) is 23.0 Å². The Hall–Kier alpha value is -4.50. The molecule has 3 N–H and O–H groups in total. The van der Waals surface area contributed by atoms with Crippen molar-refractivity contribution in [3.8, 4) is 5.82 Å². The van der Waals surface area contributed by atoms with Crippen LogP contribution < -0.4 is 15.5 Å². The molecule has 1 fully saturated rings. The number of aldehydes is 1. The minimum absolute atomic E-state index is 0.174. The number of anilines is 4. The number of hydrogen-bond donors (Lipinski definition) is 3. The van der Waals surface area contributed by atoms with E-state index < -0.39 is 5.60 Å². The molecule has 9 nitrogen and oxygen atoms in total. The molecule has 39 heavy (non-hydrogen) atoms. The van der Waals surface area contributed by atoms with E-state index >= 15 is 0 Å². The minimum Gasteiger partial charge on any atom is -0.390 e. The summed E-state index contributed by atoms with van der Waals surface area (Å²) >= 11 is 0. The third-order valence-corrected chi connectivity index (χ3v) is 7.31. The maximum atomic E-state index is 12.3. The molecule has 1 aliphatic heterocycles. The average molecular weight is 525 g/mol. The standard InChI is InChI=1S/C30H32N6O3/c1-4-28(38)32-24-18-23(21(19-37)17-26(24)35-14-11-22(12-15-35)30(2,3)39)33-29-31-13-9-27(34-29)36-16-10-20-7-5-6-8-25(20)36/h4-10,13,16-19,22,39H,1,11-12,14-15H2,2-3H3,(H,32,38)(H,31,33,34). The molecular weight excluding hydrogens is 492 g/mol. The van der Waals surface area contributed by atoms with Crippen LogP contribution in [0.5, 0.6) is 0 Å². The van der Waals surface area contributed by atoms with E-state index in [4.69, 9.17) is 0 Å². The summed E-state index contributed by atoms with van der Waals surface area (Å²) in [6.45, 7) is 8.62. The van der Waals surface area contributed by atoms with Gasteiger partial charge >= 0.3 is 0 Å². The van der Waals surface area contributed by atoms with Crippen LogP contribution >= 0.6 is 0 Å². The van der Waals surface area contributed by atoms with Crippen molar-refractivity contribution in [3.05, 3.63) is 79.1 Å². The van der Waals surface area contributed by atoms with Gasteiger partial charge in [-0.2, -0.15) is 4.98 Å². The summed E-state index contributed by atoms with van der Waals surface area (Å²) < 4.78 is 1.97. The molecule has 1 amide bonds. The largest absolute Gasteiger partial charge is 0.390 e. The van der Waals surface area contributed by atoms with E-state index in [1.165, 1.54) is 6.08 Å². The monoisotopic (exact) mass is 524 g/mol. The predicted octanol–water partition coefficient (Wildman–Crippen LogP) is 5.09. The third-order valence-electron chi connectivity index (χ3n) is 7.31. The first-order valence-electron chi connectivity index (χ1n) is 13.0. The number of benzene rings is 2. The van der Waals surface area contributed by atoms with Gasteiger partial charge in [-0.25, -0.2) is 4.98 Å². The van der Waals surface area contributed by atoms with Crippen molar-refractivity contribution in [1.29, 1.82) is 0 Å². The van der Waals surface area contributed by atoms with Crippen LogP contribution in [0.25, 0.3) is 16.7 Å². The van der Waals surface area contributed by atoms with Crippen molar-refractivity contribution in [3.63, 3.8) is 0 Å². The van der Waals surface area contributed by atoms with Gasteiger partial charge in [0.15, 0.2) is 6.29 Å². The maximum absolute atomic E-state index is 12.3. The van der Waals surface area contributed by atoms with Gasteiger partial charge in [0, 0.05) is 31.0 Å². The molecule has 0 bridgehead atoms. The Morgan fingerprint density at radius 1 is 1.13 bits per heavy atom. The molecule has 0 spiro atoms. The zero-order valence-corrected chi connectivity index (χ0v) is 22.1. The van der Waals surface area contributed by atoms with Gasteiger partial charge in [-0.05, 0) is 74.4 Å². The number of nitrogens with one attached hydrogen (secondary N) is 2. The van der Waals surface area contributed by atoms with Crippen LogP contribution in [0.2, 0.25) is 0 Å². The number of para-hydroxylation sites is 1. The van der Waals surface area contributed by atoms with E-state index in [1.807, 2.05) is 61.0 Å². The number of carbonyl (C=O) groups excluding carboxylic acids is 2. The molecule has 0 radical (unpaired) electrons. The van der Waals surface area contributed by atoms with Gasteiger partial charge in [0.05, 0.1) is 28.2 Å². The molecule has 2 aromatic carbocycles. The Morgan fingerprint density at radius 2 is 1.90 bits per heavy atom. The number of hydrogen-bond acceptors (Lipinski definition) is 7. The molecule has 1 saturated heterocycles. The Labute approximate surface area is 227 Å². The molecule has 9 heteroatoms. The van der Waals surface area contributed by atoms with E-state index in [1.54, 1.807) is 18.3 Å². The van der Waals surface area contributed by atoms with Crippen LogP contribution in [0, 0.1) is 5.92 Å². The Kier molecular flexibility index (Phi) is 7.17. The summed E-state index contributed by atoms with van der Waals surface area (Å²) in [7, 11) is 0. The van der Waals surface area contributed by atoms with E-state index in [2.05, 4.69) is 32.1 Å². The van der Waals surface area contributed by atoms with Crippen molar-refractivity contribution < 1.29 is 14.7 Å². The molecule has 0 aliphatic carbocycles. The first kappa shape index (κ1) is 26.1. The highest BCUT2D eigenvalue weighted by molar-refractivity contribution is 6.03. The highest BCUT2D eigenvalue weighted by Crippen LogP contribution is 2.37. The van der Waals surface area contributed by atoms with Gasteiger partial charge in [-0.15, -0.1) is 0 Å². The Morgan fingerprint density at radius 3 is 2.62 bits per heavy atom. The van der Waals surface area contributed by atoms with Crippen molar-refractivity contribution in [2.24, 2.45) is 5.92 Å². The summed E-state index contributed by atoms with van der Waals surface area (Å²) in [5.74, 6) is 0.805. The van der Waals surface area contributed by atoms with Gasteiger partial charge in [0.2, 0.25) is 11.9 Å². The fraction of sp³-hybridized carbons (Fsp3) is 0.267. The molecule has 0 saturated carbocycles. The van der Waals surface area contributed by atoms with Crippen LogP contribution in [0.1, 0.15) is 37.0 Å². The molecular formula is C30H32N6O3. The van der Waals surface area contributed by atoms with Crippen LogP contribution in [0.3, 0.4) is 0 Å². The second-order valence-electron chi connectivity index (χ2n) is 10.3. The zero-order chi connectivity index (χ0) is 27.6. The summed E-state index contributed by atoms with van der Waals surface area (Å²) in [6, 6.07) is 15.3. The van der Waals surface area contributed by atoms with Gasteiger partial charge < -0.3 is 25.2 Å². The molecule has 0 unspecified atom stereocenters. The van der Waals surface area contributed by atoms with Gasteiger partial charge in [-0.3, -0.25) is 9.59 Å². The van der Waals surface area contributed by atoms with Crippen molar-refractivity contribution >= 4 is 46.1 Å².